The average Bonchev–Trinajstić information content (AvgIpc) is 2.77. The molecule has 0 fully saturated rings. The van der Waals surface area contributed by atoms with E-state index in [0.717, 1.165) is 23.1 Å². The van der Waals surface area contributed by atoms with Crippen LogP contribution in [0.2, 0.25) is 0 Å². The largest absolute Gasteiger partial charge is 0.383 e. The molecule has 2 rings (SSSR count). The molecule has 2 aromatic heterocycles. The van der Waals surface area contributed by atoms with Crippen LogP contribution in [0, 0.1) is 6.92 Å². The molecule has 0 spiro atoms. The Bertz CT molecular complexity index is 575. The van der Waals surface area contributed by atoms with Crippen LogP contribution in [-0.4, -0.2) is 16.6 Å². The second kappa shape index (κ2) is 5.43. The lowest BCUT2D eigenvalue weighted by Gasteiger charge is -2.29. The van der Waals surface area contributed by atoms with Gasteiger partial charge in [0, 0.05) is 11.5 Å². The van der Waals surface area contributed by atoms with Gasteiger partial charge in [-0.05, 0) is 32.8 Å². The Morgan fingerprint density at radius 2 is 1.95 bits per heavy atom. The molecule has 4 nitrogen and oxygen atoms in total. The fourth-order valence-corrected chi connectivity index (χ4v) is 3.27. The predicted molar refractivity (Wildman–Crippen MR) is 80.5 cm³/mol. The van der Waals surface area contributed by atoms with Crippen LogP contribution in [0.4, 0.5) is 5.82 Å². The Labute approximate surface area is 118 Å². The van der Waals surface area contributed by atoms with E-state index in [-0.39, 0.29) is 0 Å². The standard InChI is InChI=1S/C14H21N3OS/c1-5-14(6-2,18-7-3)13-16-11(15)10-8-9(4)19-12(10)17-13/h8H,5-7H2,1-4H3,(H2,15,16,17). The van der Waals surface area contributed by atoms with Crippen LogP contribution in [0.25, 0.3) is 10.2 Å². The summed E-state index contributed by atoms with van der Waals surface area (Å²) in [6.45, 7) is 8.90. The minimum atomic E-state index is -0.422. The Morgan fingerprint density at radius 3 is 2.53 bits per heavy atom. The third-order valence-electron chi connectivity index (χ3n) is 3.52. The van der Waals surface area contributed by atoms with E-state index < -0.39 is 5.60 Å². The van der Waals surface area contributed by atoms with E-state index in [0.29, 0.717) is 18.2 Å². The van der Waals surface area contributed by atoms with Gasteiger partial charge in [-0.3, -0.25) is 0 Å². The number of hydrogen-bond donors (Lipinski definition) is 1. The monoisotopic (exact) mass is 279 g/mol. The van der Waals surface area contributed by atoms with E-state index in [2.05, 4.69) is 25.8 Å². The lowest BCUT2D eigenvalue weighted by molar-refractivity contribution is -0.0567. The predicted octanol–water partition coefficient (Wildman–Crippen LogP) is 3.63. The summed E-state index contributed by atoms with van der Waals surface area (Å²) in [6.07, 6.45) is 1.68. The number of nitrogens with two attached hydrogens (primary N) is 1. The van der Waals surface area contributed by atoms with E-state index in [9.17, 15) is 0 Å². The van der Waals surface area contributed by atoms with Crippen LogP contribution < -0.4 is 5.73 Å². The van der Waals surface area contributed by atoms with Crippen molar-refractivity contribution in [3.8, 4) is 0 Å². The van der Waals surface area contributed by atoms with Crippen molar-refractivity contribution in [3.05, 3.63) is 16.8 Å². The van der Waals surface area contributed by atoms with Gasteiger partial charge in [0.05, 0.1) is 5.39 Å². The van der Waals surface area contributed by atoms with Gasteiger partial charge in [0.25, 0.3) is 0 Å². The first kappa shape index (κ1) is 14.2. The zero-order chi connectivity index (χ0) is 14.0. The SMILES string of the molecule is CCOC(CC)(CC)c1nc(N)c2cc(C)sc2n1. The van der Waals surface area contributed by atoms with Gasteiger partial charge >= 0.3 is 0 Å². The molecule has 0 bridgehead atoms. The smallest absolute Gasteiger partial charge is 0.164 e. The molecule has 104 valence electrons. The lowest BCUT2D eigenvalue weighted by Crippen LogP contribution is -2.31. The molecule has 5 heteroatoms. The van der Waals surface area contributed by atoms with Crippen LogP contribution in [0.3, 0.4) is 0 Å². The summed E-state index contributed by atoms with van der Waals surface area (Å²) in [5.41, 5.74) is 5.65. The minimum Gasteiger partial charge on any atom is -0.383 e. The number of fused-ring (bicyclic) bond motifs is 1. The molecule has 0 aromatic carbocycles. The molecule has 0 radical (unpaired) electrons. The molecule has 0 saturated heterocycles. The summed E-state index contributed by atoms with van der Waals surface area (Å²) in [6, 6.07) is 2.04. The third kappa shape index (κ3) is 2.44. The average molecular weight is 279 g/mol. The first-order chi connectivity index (χ1) is 9.06. The highest BCUT2D eigenvalue weighted by Gasteiger charge is 2.33. The van der Waals surface area contributed by atoms with Crippen LogP contribution in [0.1, 0.15) is 44.3 Å². The summed E-state index contributed by atoms with van der Waals surface area (Å²) in [5, 5.41) is 0.948. The highest BCUT2D eigenvalue weighted by Crippen LogP contribution is 2.34. The normalized spacial score (nSPS) is 12.2. The zero-order valence-electron chi connectivity index (χ0n) is 12.0. The molecule has 2 aromatic rings. The summed E-state index contributed by atoms with van der Waals surface area (Å²) < 4.78 is 5.95. The number of nitrogen functional groups attached to an aromatic ring is 1. The molecular weight excluding hydrogens is 258 g/mol. The van der Waals surface area contributed by atoms with Crippen molar-refractivity contribution >= 4 is 27.4 Å². The number of ether oxygens (including phenoxy) is 1. The zero-order valence-corrected chi connectivity index (χ0v) is 12.8. The number of nitrogens with zero attached hydrogens (tertiary/aromatic N) is 2. The first-order valence-electron chi connectivity index (χ1n) is 6.74. The van der Waals surface area contributed by atoms with Gasteiger partial charge in [0.1, 0.15) is 16.2 Å². The maximum atomic E-state index is 6.07. The van der Waals surface area contributed by atoms with Crippen LogP contribution in [0.15, 0.2) is 6.07 Å². The highest BCUT2D eigenvalue weighted by atomic mass is 32.1. The summed E-state index contributed by atoms with van der Waals surface area (Å²) in [5.74, 6) is 1.27. The van der Waals surface area contributed by atoms with Crippen molar-refractivity contribution in [1.82, 2.24) is 9.97 Å². The van der Waals surface area contributed by atoms with Crippen molar-refractivity contribution in [2.45, 2.75) is 46.1 Å². The minimum absolute atomic E-state index is 0.422. The van der Waals surface area contributed by atoms with Gasteiger partial charge in [0.15, 0.2) is 5.82 Å². The molecule has 0 atom stereocenters. The summed E-state index contributed by atoms with van der Waals surface area (Å²) in [7, 11) is 0. The number of rotatable bonds is 5. The topological polar surface area (TPSA) is 61.0 Å². The highest BCUT2D eigenvalue weighted by molar-refractivity contribution is 7.18. The maximum absolute atomic E-state index is 6.07. The Morgan fingerprint density at radius 1 is 1.26 bits per heavy atom. The number of hydrogen-bond acceptors (Lipinski definition) is 5. The number of anilines is 1. The van der Waals surface area contributed by atoms with Gasteiger partial charge in [0.2, 0.25) is 0 Å². The molecular formula is C14H21N3OS. The number of aromatic nitrogens is 2. The van der Waals surface area contributed by atoms with E-state index in [1.165, 1.54) is 4.88 Å². The molecule has 0 saturated carbocycles. The fraction of sp³-hybridized carbons (Fsp3) is 0.571. The van der Waals surface area contributed by atoms with Gasteiger partial charge in [-0.1, -0.05) is 13.8 Å². The van der Waals surface area contributed by atoms with E-state index >= 15 is 0 Å². The first-order valence-corrected chi connectivity index (χ1v) is 7.56. The summed E-state index contributed by atoms with van der Waals surface area (Å²) in [4.78, 5) is 11.3. The lowest BCUT2D eigenvalue weighted by atomic mass is 9.96. The number of thiophene rings is 1. The molecule has 0 aliphatic carbocycles. The van der Waals surface area contributed by atoms with Gasteiger partial charge < -0.3 is 10.5 Å². The van der Waals surface area contributed by atoms with E-state index in [1.54, 1.807) is 11.3 Å². The van der Waals surface area contributed by atoms with E-state index in [4.69, 9.17) is 15.5 Å². The third-order valence-corrected chi connectivity index (χ3v) is 4.46. The second-order valence-corrected chi connectivity index (χ2v) is 5.88. The molecule has 19 heavy (non-hydrogen) atoms. The second-order valence-electron chi connectivity index (χ2n) is 4.64. The van der Waals surface area contributed by atoms with Crippen LogP contribution in [0.5, 0.6) is 0 Å². The fourth-order valence-electron chi connectivity index (χ4n) is 2.38. The Hall–Kier alpha value is -1.20. The van der Waals surface area contributed by atoms with Gasteiger partial charge in [-0.25, -0.2) is 9.97 Å². The van der Waals surface area contributed by atoms with Crippen molar-refractivity contribution in [3.63, 3.8) is 0 Å². The van der Waals surface area contributed by atoms with Crippen molar-refractivity contribution < 1.29 is 4.74 Å². The van der Waals surface area contributed by atoms with Crippen LogP contribution >= 0.6 is 11.3 Å². The van der Waals surface area contributed by atoms with Gasteiger partial charge in [-0.2, -0.15) is 0 Å². The summed E-state index contributed by atoms with van der Waals surface area (Å²) >= 11 is 1.65. The molecule has 0 unspecified atom stereocenters. The maximum Gasteiger partial charge on any atom is 0.164 e. The molecule has 0 aliphatic heterocycles. The van der Waals surface area contributed by atoms with Gasteiger partial charge in [-0.15, -0.1) is 11.3 Å². The molecule has 0 amide bonds. The quantitative estimate of drug-likeness (QED) is 0.907. The Kier molecular flexibility index (Phi) is 4.06. The van der Waals surface area contributed by atoms with Crippen LogP contribution in [-0.2, 0) is 10.3 Å². The van der Waals surface area contributed by atoms with E-state index in [1.807, 2.05) is 13.0 Å². The van der Waals surface area contributed by atoms with Crippen molar-refractivity contribution in [1.29, 1.82) is 0 Å². The molecule has 2 N–H and O–H groups in total. The Balaban J connectivity index is 2.60. The number of aryl methyl sites for hydroxylation is 1. The molecule has 2 heterocycles. The van der Waals surface area contributed by atoms with Crippen molar-refractivity contribution in [2.24, 2.45) is 0 Å². The van der Waals surface area contributed by atoms with Crippen molar-refractivity contribution in [2.75, 3.05) is 12.3 Å². The molecule has 0 aliphatic rings.